The standard InChI is InChI=1S/C17H26N2O2/c1-21-16-4-2-3-14(17(16)20)12-19(15-5-6-15)11-13-7-9-18-10-8-13/h2-4,13,15,18,20H,5-12H2,1H3. The van der Waals surface area contributed by atoms with Crippen LogP contribution in [0.15, 0.2) is 18.2 Å². The first-order valence-electron chi connectivity index (χ1n) is 8.07. The van der Waals surface area contributed by atoms with Crippen LogP contribution in [0.4, 0.5) is 0 Å². The van der Waals surface area contributed by atoms with Gasteiger partial charge in [0.2, 0.25) is 0 Å². The SMILES string of the molecule is COc1cccc(CN(CC2CCNCC2)C2CC2)c1O. The summed E-state index contributed by atoms with van der Waals surface area (Å²) in [6, 6.07) is 6.50. The zero-order valence-corrected chi connectivity index (χ0v) is 12.8. The lowest BCUT2D eigenvalue weighted by molar-refractivity contribution is 0.188. The van der Waals surface area contributed by atoms with E-state index in [0.717, 1.165) is 37.7 Å². The van der Waals surface area contributed by atoms with Crippen LogP contribution in [-0.4, -0.2) is 42.8 Å². The summed E-state index contributed by atoms with van der Waals surface area (Å²) >= 11 is 0. The van der Waals surface area contributed by atoms with E-state index in [9.17, 15) is 5.11 Å². The fraction of sp³-hybridized carbons (Fsp3) is 0.647. The first-order valence-corrected chi connectivity index (χ1v) is 8.07. The second-order valence-corrected chi connectivity index (χ2v) is 6.32. The molecule has 2 aliphatic rings. The molecular weight excluding hydrogens is 264 g/mol. The molecule has 0 spiro atoms. The third kappa shape index (κ3) is 3.69. The van der Waals surface area contributed by atoms with E-state index in [0.29, 0.717) is 17.5 Å². The van der Waals surface area contributed by atoms with Gasteiger partial charge in [0, 0.05) is 24.7 Å². The molecule has 0 bridgehead atoms. The van der Waals surface area contributed by atoms with Crippen molar-refractivity contribution in [1.82, 2.24) is 10.2 Å². The lowest BCUT2D eigenvalue weighted by atomic mass is 9.97. The zero-order valence-electron chi connectivity index (χ0n) is 12.8. The molecular formula is C17H26N2O2. The van der Waals surface area contributed by atoms with E-state index in [1.165, 1.54) is 25.7 Å². The van der Waals surface area contributed by atoms with Crippen molar-refractivity contribution in [3.8, 4) is 11.5 Å². The van der Waals surface area contributed by atoms with Crippen LogP contribution in [0.3, 0.4) is 0 Å². The molecule has 1 saturated carbocycles. The summed E-state index contributed by atoms with van der Waals surface area (Å²) in [5, 5.41) is 13.7. The van der Waals surface area contributed by atoms with Crippen LogP contribution in [0.25, 0.3) is 0 Å². The van der Waals surface area contributed by atoms with Gasteiger partial charge in [-0.2, -0.15) is 0 Å². The number of hydrogen-bond donors (Lipinski definition) is 2. The largest absolute Gasteiger partial charge is 0.504 e. The maximum atomic E-state index is 10.3. The highest BCUT2D eigenvalue weighted by atomic mass is 16.5. The average molecular weight is 290 g/mol. The first kappa shape index (κ1) is 14.7. The van der Waals surface area contributed by atoms with Crippen LogP contribution in [0.2, 0.25) is 0 Å². The molecule has 1 heterocycles. The lowest BCUT2D eigenvalue weighted by Crippen LogP contribution is -2.37. The van der Waals surface area contributed by atoms with Gasteiger partial charge in [0.05, 0.1) is 7.11 Å². The molecule has 1 saturated heterocycles. The third-order valence-electron chi connectivity index (χ3n) is 4.69. The highest BCUT2D eigenvalue weighted by Crippen LogP contribution is 2.34. The Labute approximate surface area is 127 Å². The maximum Gasteiger partial charge on any atom is 0.162 e. The van der Waals surface area contributed by atoms with Gasteiger partial charge >= 0.3 is 0 Å². The fourth-order valence-corrected chi connectivity index (χ4v) is 3.26. The molecule has 2 fully saturated rings. The van der Waals surface area contributed by atoms with Crippen LogP contribution < -0.4 is 10.1 Å². The smallest absolute Gasteiger partial charge is 0.162 e. The number of nitrogens with one attached hydrogen (secondary N) is 1. The molecule has 4 heteroatoms. The number of hydrogen-bond acceptors (Lipinski definition) is 4. The van der Waals surface area contributed by atoms with Crippen molar-refractivity contribution in [1.29, 1.82) is 0 Å². The molecule has 3 rings (SSSR count). The van der Waals surface area contributed by atoms with Crippen LogP contribution in [-0.2, 0) is 6.54 Å². The number of aromatic hydroxyl groups is 1. The van der Waals surface area contributed by atoms with Crippen molar-refractivity contribution in [2.75, 3.05) is 26.7 Å². The van der Waals surface area contributed by atoms with Gasteiger partial charge in [-0.3, -0.25) is 4.90 Å². The highest BCUT2D eigenvalue weighted by molar-refractivity contribution is 5.45. The normalized spacial score (nSPS) is 19.9. The van der Waals surface area contributed by atoms with Crippen LogP contribution in [0, 0.1) is 5.92 Å². The molecule has 0 atom stereocenters. The van der Waals surface area contributed by atoms with E-state index in [1.54, 1.807) is 7.11 Å². The Kier molecular flexibility index (Phi) is 4.66. The third-order valence-corrected chi connectivity index (χ3v) is 4.69. The molecule has 0 radical (unpaired) electrons. The predicted molar refractivity (Wildman–Crippen MR) is 83.7 cm³/mol. The minimum absolute atomic E-state index is 0.302. The van der Waals surface area contributed by atoms with E-state index < -0.39 is 0 Å². The summed E-state index contributed by atoms with van der Waals surface area (Å²) in [6.45, 7) is 4.28. The molecule has 1 aliphatic carbocycles. The monoisotopic (exact) mass is 290 g/mol. The van der Waals surface area contributed by atoms with Gasteiger partial charge in [-0.15, -0.1) is 0 Å². The molecule has 1 aromatic rings. The second-order valence-electron chi connectivity index (χ2n) is 6.32. The number of nitrogens with zero attached hydrogens (tertiary/aromatic N) is 1. The Morgan fingerprint density at radius 3 is 2.67 bits per heavy atom. The molecule has 4 nitrogen and oxygen atoms in total. The first-order chi connectivity index (χ1) is 10.3. The Morgan fingerprint density at radius 1 is 1.24 bits per heavy atom. The Morgan fingerprint density at radius 2 is 2.00 bits per heavy atom. The topological polar surface area (TPSA) is 44.7 Å². The number of phenolic OH excluding ortho intramolecular Hbond substituents is 1. The summed E-state index contributed by atoms with van der Waals surface area (Å²) in [6.07, 6.45) is 5.14. The molecule has 0 unspecified atom stereocenters. The summed E-state index contributed by atoms with van der Waals surface area (Å²) < 4.78 is 5.22. The van der Waals surface area contributed by atoms with Gasteiger partial charge in [0.15, 0.2) is 11.5 Å². The number of ether oxygens (including phenoxy) is 1. The van der Waals surface area contributed by atoms with Crippen molar-refractivity contribution < 1.29 is 9.84 Å². The molecule has 21 heavy (non-hydrogen) atoms. The lowest BCUT2D eigenvalue weighted by Gasteiger charge is -2.30. The van der Waals surface area contributed by atoms with Crippen molar-refractivity contribution in [3.63, 3.8) is 0 Å². The summed E-state index contributed by atoms with van der Waals surface area (Å²) in [5.74, 6) is 1.67. The van der Waals surface area contributed by atoms with Gasteiger partial charge in [-0.25, -0.2) is 0 Å². The van der Waals surface area contributed by atoms with E-state index in [1.807, 2.05) is 18.2 Å². The molecule has 2 N–H and O–H groups in total. The number of piperidine rings is 1. The quantitative estimate of drug-likeness (QED) is 0.844. The molecule has 1 aliphatic heterocycles. The molecule has 116 valence electrons. The van der Waals surface area contributed by atoms with Gasteiger partial charge < -0.3 is 15.2 Å². The number of phenols is 1. The van der Waals surface area contributed by atoms with E-state index in [-0.39, 0.29) is 0 Å². The van der Waals surface area contributed by atoms with Crippen LogP contribution >= 0.6 is 0 Å². The number of para-hydroxylation sites is 1. The minimum atomic E-state index is 0.302. The van der Waals surface area contributed by atoms with Crippen molar-refractivity contribution >= 4 is 0 Å². The van der Waals surface area contributed by atoms with Crippen LogP contribution in [0.5, 0.6) is 11.5 Å². The fourth-order valence-electron chi connectivity index (χ4n) is 3.26. The highest BCUT2D eigenvalue weighted by Gasteiger charge is 2.31. The maximum absolute atomic E-state index is 10.3. The summed E-state index contributed by atoms with van der Waals surface area (Å²) in [4.78, 5) is 2.56. The molecule has 0 amide bonds. The Balaban J connectivity index is 1.67. The van der Waals surface area contributed by atoms with E-state index in [2.05, 4.69) is 10.2 Å². The van der Waals surface area contributed by atoms with Crippen LogP contribution in [0.1, 0.15) is 31.2 Å². The second kappa shape index (κ2) is 6.67. The van der Waals surface area contributed by atoms with Gasteiger partial charge in [-0.1, -0.05) is 12.1 Å². The number of rotatable bonds is 6. The van der Waals surface area contributed by atoms with Crippen molar-refractivity contribution in [2.24, 2.45) is 5.92 Å². The molecule has 0 aromatic heterocycles. The van der Waals surface area contributed by atoms with E-state index in [4.69, 9.17) is 4.74 Å². The predicted octanol–water partition coefficient (Wildman–Crippen LogP) is 2.36. The van der Waals surface area contributed by atoms with Crippen molar-refractivity contribution in [3.05, 3.63) is 23.8 Å². The Hall–Kier alpha value is -1.26. The average Bonchev–Trinajstić information content (AvgIpc) is 3.34. The Bertz CT molecular complexity index is 468. The van der Waals surface area contributed by atoms with E-state index >= 15 is 0 Å². The minimum Gasteiger partial charge on any atom is -0.504 e. The zero-order chi connectivity index (χ0) is 14.7. The van der Waals surface area contributed by atoms with Crippen molar-refractivity contribution in [2.45, 2.75) is 38.3 Å². The summed E-state index contributed by atoms with van der Waals surface area (Å²) in [7, 11) is 1.60. The molecule has 1 aromatic carbocycles. The van der Waals surface area contributed by atoms with Gasteiger partial charge in [-0.05, 0) is 50.8 Å². The number of methoxy groups -OCH3 is 1. The van der Waals surface area contributed by atoms with Gasteiger partial charge in [0.25, 0.3) is 0 Å². The number of benzene rings is 1. The van der Waals surface area contributed by atoms with Gasteiger partial charge in [0.1, 0.15) is 0 Å². The summed E-state index contributed by atoms with van der Waals surface area (Å²) in [5.41, 5.74) is 0.982.